The summed E-state index contributed by atoms with van der Waals surface area (Å²) >= 11 is 6.16. The quantitative estimate of drug-likeness (QED) is 0.483. The molecule has 1 aliphatic rings. The minimum atomic E-state index is -0.317. The van der Waals surface area contributed by atoms with Gasteiger partial charge in [0.05, 0.1) is 5.56 Å². The summed E-state index contributed by atoms with van der Waals surface area (Å²) in [5.74, 6) is 1.37. The van der Waals surface area contributed by atoms with Gasteiger partial charge in [-0.2, -0.15) is 0 Å². The highest BCUT2D eigenvalue weighted by Crippen LogP contribution is 2.39. The van der Waals surface area contributed by atoms with Crippen molar-refractivity contribution in [3.05, 3.63) is 83.0 Å². The van der Waals surface area contributed by atoms with Crippen molar-refractivity contribution in [2.75, 3.05) is 19.8 Å². The third-order valence-corrected chi connectivity index (χ3v) is 5.35. The number of carbonyl (C=O) groups is 1. The average molecular weight is 451 g/mol. The summed E-state index contributed by atoms with van der Waals surface area (Å²) < 4.78 is 16.7. The van der Waals surface area contributed by atoms with Crippen molar-refractivity contribution in [2.24, 2.45) is 0 Å². The Kier molecular flexibility index (Phi) is 6.61. The number of carbonyl (C=O) groups excluding carboxylic acids is 1. The number of para-hydroxylation sites is 1. The molecule has 0 unspecified atom stereocenters. The number of ether oxygens (including phenoxy) is 2. The molecule has 2 heterocycles. The number of benzene rings is 2. The molecule has 0 radical (unpaired) electrons. The molecular formula is C25H23ClN2O4. The SMILES string of the molecule is C=C/C=C(/CCNC(=O)c1cc(-c2cccc3c2OCCO3)on1)c1cc(Cl)ccc1C. The molecule has 0 spiro atoms. The van der Waals surface area contributed by atoms with E-state index >= 15 is 0 Å². The molecule has 2 aromatic carbocycles. The van der Waals surface area contributed by atoms with Gasteiger partial charge in [0.2, 0.25) is 0 Å². The second kappa shape index (κ2) is 9.75. The van der Waals surface area contributed by atoms with Crippen LogP contribution in [0, 0.1) is 6.92 Å². The first kappa shape index (κ1) is 21.7. The lowest BCUT2D eigenvalue weighted by molar-refractivity contribution is 0.0945. The van der Waals surface area contributed by atoms with Crippen LogP contribution in [0.25, 0.3) is 16.9 Å². The number of rotatable bonds is 7. The number of nitrogens with zero attached hydrogens (tertiary/aromatic N) is 1. The largest absolute Gasteiger partial charge is 0.486 e. The van der Waals surface area contributed by atoms with Gasteiger partial charge in [0.25, 0.3) is 5.91 Å². The molecule has 164 valence electrons. The Balaban J connectivity index is 1.43. The first-order valence-electron chi connectivity index (χ1n) is 10.3. The fourth-order valence-electron chi connectivity index (χ4n) is 3.57. The standard InChI is InChI=1S/C25H23ClN2O4/c1-3-5-17(20-14-18(26)9-8-16(20)2)10-11-27-25(29)21-15-23(32-28-21)19-6-4-7-22-24(19)31-13-12-30-22/h3-9,14-15H,1,10-13H2,2H3,(H,27,29)/b17-5-. The number of nitrogens with one attached hydrogen (secondary N) is 1. The van der Waals surface area contributed by atoms with Crippen molar-refractivity contribution in [2.45, 2.75) is 13.3 Å². The molecular weight excluding hydrogens is 428 g/mol. The molecule has 7 heteroatoms. The third kappa shape index (κ3) is 4.70. The van der Waals surface area contributed by atoms with Crippen molar-refractivity contribution in [3.63, 3.8) is 0 Å². The highest BCUT2D eigenvalue weighted by Gasteiger charge is 2.21. The van der Waals surface area contributed by atoms with E-state index in [4.69, 9.17) is 25.6 Å². The fraction of sp³-hybridized carbons (Fsp3) is 0.200. The van der Waals surface area contributed by atoms with Crippen molar-refractivity contribution < 1.29 is 18.8 Å². The second-order valence-electron chi connectivity index (χ2n) is 7.30. The van der Waals surface area contributed by atoms with Crippen LogP contribution in [0.1, 0.15) is 28.0 Å². The first-order valence-corrected chi connectivity index (χ1v) is 10.7. The number of hydrogen-bond acceptors (Lipinski definition) is 5. The van der Waals surface area contributed by atoms with Crippen molar-refractivity contribution in [1.29, 1.82) is 0 Å². The smallest absolute Gasteiger partial charge is 0.273 e. The molecule has 0 saturated carbocycles. The zero-order chi connectivity index (χ0) is 22.5. The molecule has 6 nitrogen and oxygen atoms in total. The van der Waals surface area contributed by atoms with Gasteiger partial charge in [-0.05, 0) is 54.3 Å². The van der Waals surface area contributed by atoms with Gasteiger partial charge in [0.1, 0.15) is 13.2 Å². The minimum absolute atomic E-state index is 0.197. The topological polar surface area (TPSA) is 73.6 Å². The Morgan fingerprint density at radius 3 is 2.91 bits per heavy atom. The van der Waals surface area contributed by atoms with Gasteiger partial charge in [-0.1, -0.05) is 47.6 Å². The first-order chi connectivity index (χ1) is 15.6. The molecule has 1 N–H and O–H groups in total. The Labute approximate surface area is 191 Å². The van der Waals surface area contributed by atoms with E-state index < -0.39 is 0 Å². The van der Waals surface area contributed by atoms with Gasteiger partial charge < -0.3 is 19.3 Å². The van der Waals surface area contributed by atoms with Gasteiger partial charge in [-0.25, -0.2) is 0 Å². The van der Waals surface area contributed by atoms with Crippen LogP contribution in [0.4, 0.5) is 0 Å². The van der Waals surface area contributed by atoms with Gasteiger partial charge >= 0.3 is 0 Å². The zero-order valence-electron chi connectivity index (χ0n) is 17.7. The average Bonchev–Trinajstić information content (AvgIpc) is 3.30. The number of allylic oxidation sites excluding steroid dienone is 2. The van der Waals surface area contributed by atoms with Gasteiger partial charge in [-0.3, -0.25) is 4.79 Å². The lowest BCUT2D eigenvalue weighted by atomic mass is 9.97. The van der Waals surface area contributed by atoms with Crippen molar-refractivity contribution in [1.82, 2.24) is 10.5 Å². The molecule has 0 atom stereocenters. The van der Waals surface area contributed by atoms with Crippen LogP contribution in [0.3, 0.4) is 0 Å². The maximum absolute atomic E-state index is 12.6. The normalized spacial score (nSPS) is 13.0. The van der Waals surface area contributed by atoms with E-state index in [0.717, 1.165) is 16.7 Å². The molecule has 0 bridgehead atoms. The fourth-order valence-corrected chi connectivity index (χ4v) is 3.74. The summed E-state index contributed by atoms with van der Waals surface area (Å²) in [6.45, 7) is 7.19. The van der Waals surface area contributed by atoms with Gasteiger partial charge in [0, 0.05) is 17.6 Å². The molecule has 32 heavy (non-hydrogen) atoms. The predicted molar refractivity (Wildman–Crippen MR) is 124 cm³/mol. The number of halogens is 1. The lowest BCUT2D eigenvalue weighted by Crippen LogP contribution is -2.24. The number of aryl methyl sites for hydroxylation is 1. The monoisotopic (exact) mass is 450 g/mol. The molecule has 0 saturated heterocycles. The van der Waals surface area contributed by atoms with Crippen molar-refractivity contribution in [3.8, 4) is 22.8 Å². The van der Waals surface area contributed by atoms with E-state index in [2.05, 4.69) is 17.1 Å². The highest BCUT2D eigenvalue weighted by atomic mass is 35.5. The summed E-state index contributed by atoms with van der Waals surface area (Å²) in [6, 6.07) is 12.9. The highest BCUT2D eigenvalue weighted by molar-refractivity contribution is 6.30. The van der Waals surface area contributed by atoms with E-state index in [0.29, 0.717) is 54.0 Å². The number of aromatic nitrogens is 1. The Morgan fingerprint density at radius 1 is 1.22 bits per heavy atom. The maximum atomic E-state index is 12.6. The molecule has 4 rings (SSSR count). The van der Waals surface area contributed by atoms with Crippen LogP contribution in [0.2, 0.25) is 5.02 Å². The summed E-state index contributed by atoms with van der Waals surface area (Å²) in [5, 5.41) is 7.49. The molecule has 1 amide bonds. The summed E-state index contributed by atoms with van der Waals surface area (Å²) in [5.41, 5.74) is 4.07. The van der Waals surface area contributed by atoms with Crippen LogP contribution in [0.5, 0.6) is 11.5 Å². The van der Waals surface area contributed by atoms with E-state index in [-0.39, 0.29) is 11.6 Å². The molecule has 3 aromatic rings. The minimum Gasteiger partial charge on any atom is -0.486 e. The number of amides is 1. The van der Waals surface area contributed by atoms with E-state index in [9.17, 15) is 4.79 Å². The molecule has 0 aliphatic carbocycles. The second-order valence-corrected chi connectivity index (χ2v) is 7.74. The van der Waals surface area contributed by atoms with E-state index in [1.165, 1.54) is 0 Å². The van der Waals surface area contributed by atoms with Gasteiger partial charge in [-0.15, -0.1) is 0 Å². The van der Waals surface area contributed by atoms with Crippen LogP contribution >= 0.6 is 11.6 Å². The third-order valence-electron chi connectivity index (χ3n) is 5.12. The van der Waals surface area contributed by atoms with Crippen LogP contribution in [0.15, 0.2) is 65.7 Å². The lowest BCUT2D eigenvalue weighted by Gasteiger charge is -2.19. The van der Waals surface area contributed by atoms with Crippen LogP contribution in [-0.2, 0) is 0 Å². The van der Waals surface area contributed by atoms with Crippen LogP contribution < -0.4 is 14.8 Å². The summed E-state index contributed by atoms with van der Waals surface area (Å²) in [6.07, 6.45) is 4.27. The van der Waals surface area contributed by atoms with Crippen LogP contribution in [-0.4, -0.2) is 30.8 Å². The van der Waals surface area contributed by atoms with Gasteiger partial charge in [0.15, 0.2) is 23.0 Å². The number of hydrogen-bond donors (Lipinski definition) is 1. The van der Waals surface area contributed by atoms with Crippen molar-refractivity contribution >= 4 is 23.1 Å². The molecule has 1 aromatic heterocycles. The Bertz CT molecular complexity index is 1180. The number of fused-ring (bicyclic) bond motifs is 1. The Morgan fingerprint density at radius 2 is 2.06 bits per heavy atom. The van der Waals surface area contributed by atoms with E-state index in [1.54, 1.807) is 12.1 Å². The maximum Gasteiger partial charge on any atom is 0.273 e. The summed E-state index contributed by atoms with van der Waals surface area (Å²) in [7, 11) is 0. The predicted octanol–water partition coefficient (Wildman–Crippen LogP) is 5.46. The molecule has 1 aliphatic heterocycles. The zero-order valence-corrected chi connectivity index (χ0v) is 18.4. The summed E-state index contributed by atoms with van der Waals surface area (Å²) in [4.78, 5) is 12.6. The van der Waals surface area contributed by atoms with E-state index in [1.807, 2.05) is 49.4 Å². The molecule has 0 fully saturated rings. The Hall–Kier alpha value is -3.51.